The molecule has 0 radical (unpaired) electrons. The minimum absolute atomic E-state index is 0.178. The molecule has 0 aliphatic carbocycles. The molecule has 0 fully saturated rings. The van der Waals surface area contributed by atoms with Gasteiger partial charge in [-0.1, -0.05) is 23.7 Å². The minimum atomic E-state index is -0.346. The Morgan fingerprint density at radius 1 is 1.29 bits per heavy atom. The molecular formula is C15H13ClN4O. The van der Waals surface area contributed by atoms with Crippen LogP contribution in [0.4, 0.5) is 5.82 Å². The van der Waals surface area contributed by atoms with Crippen molar-refractivity contribution in [1.82, 2.24) is 10.3 Å². The lowest BCUT2D eigenvalue weighted by Crippen LogP contribution is -2.24. The van der Waals surface area contributed by atoms with Gasteiger partial charge in [0.25, 0.3) is 5.91 Å². The molecule has 0 spiro atoms. The largest absolute Gasteiger partial charge is 0.373 e. The average Bonchev–Trinajstić information content (AvgIpc) is 2.53. The third kappa shape index (κ3) is 3.71. The Labute approximate surface area is 127 Å². The van der Waals surface area contributed by atoms with E-state index < -0.39 is 0 Å². The molecule has 2 rings (SSSR count). The van der Waals surface area contributed by atoms with Crippen LogP contribution in [0.2, 0.25) is 5.02 Å². The number of rotatable bonds is 4. The number of benzene rings is 1. The number of carbonyl (C=O) groups excluding carboxylic acids is 1. The number of nitriles is 1. The Balaban J connectivity index is 2.06. The quantitative estimate of drug-likeness (QED) is 0.909. The summed E-state index contributed by atoms with van der Waals surface area (Å²) in [4.78, 5) is 16.2. The molecule has 1 aromatic carbocycles. The molecule has 0 aliphatic rings. The van der Waals surface area contributed by atoms with Crippen molar-refractivity contribution < 1.29 is 4.79 Å². The molecule has 0 saturated carbocycles. The number of carbonyl (C=O) groups is 1. The number of anilines is 1. The average molecular weight is 301 g/mol. The van der Waals surface area contributed by atoms with Crippen molar-refractivity contribution in [3.05, 3.63) is 58.2 Å². The lowest BCUT2D eigenvalue weighted by molar-refractivity contribution is 0.0946. The molecule has 106 valence electrons. The first-order chi connectivity index (χ1) is 10.1. The SMILES string of the molecule is CNc1ccc(Cl)c(C(=O)NCc2ccc(C#N)cc2)n1. The molecule has 21 heavy (non-hydrogen) atoms. The molecule has 0 unspecified atom stereocenters. The fraction of sp³-hybridized carbons (Fsp3) is 0.133. The van der Waals surface area contributed by atoms with Gasteiger partial charge in [-0.3, -0.25) is 4.79 Å². The van der Waals surface area contributed by atoms with Gasteiger partial charge in [0, 0.05) is 13.6 Å². The fourth-order valence-corrected chi connectivity index (χ4v) is 1.89. The van der Waals surface area contributed by atoms with Crippen molar-refractivity contribution in [3.63, 3.8) is 0 Å². The van der Waals surface area contributed by atoms with E-state index in [4.69, 9.17) is 16.9 Å². The molecular weight excluding hydrogens is 288 g/mol. The van der Waals surface area contributed by atoms with Crippen LogP contribution >= 0.6 is 11.6 Å². The zero-order valence-corrected chi connectivity index (χ0v) is 12.1. The Morgan fingerprint density at radius 2 is 2.00 bits per heavy atom. The normalized spacial score (nSPS) is 9.76. The number of pyridine rings is 1. The highest BCUT2D eigenvalue weighted by atomic mass is 35.5. The van der Waals surface area contributed by atoms with Crippen LogP contribution in [0.25, 0.3) is 0 Å². The molecule has 5 nitrogen and oxygen atoms in total. The number of halogens is 1. The lowest BCUT2D eigenvalue weighted by Gasteiger charge is -2.08. The van der Waals surface area contributed by atoms with Gasteiger partial charge in [-0.25, -0.2) is 4.98 Å². The number of aromatic nitrogens is 1. The van der Waals surface area contributed by atoms with E-state index in [1.165, 1.54) is 0 Å². The van der Waals surface area contributed by atoms with E-state index in [0.29, 0.717) is 22.9 Å². The van der Waals surface area contributed by atoms with Crippen LogP contribution in [0.15, 0.2) is 36.4 Å². The molecule has 0 saturated heterocycles. The van der Waals surface area contributed by atoms with E-state index in [0.717, 1.165) is 5.56 Å². The van der Waals surface area contributed by atoms with E-state index in [-0.39, 0.29) is 11.6 Å². The molecule has 6 heteroatoms. The van der Waals surface area contributed by atoms with E-state index in [1.54, 1.807) is 43.4 Å². The third-order valence-corrected chi connectivity index (χ3v) is 3.16. The maximum absolute atomic E-state index is 12.1. The smallest absolute Gasteiger partial charge is 0.271 e. The fourth-order valence-electron chi connectivity index (χ4n) is 1.70. The van der Waals surface area contributed by atoms with Crippen LogP contribution in [-0.2, 0) is 6.54 Å². The van der Waals surface area contributed by atoms with E-state index in [1.807, 2.05) is 6.07 Å². The van der Waals surface area contributed by atoms with E-state index in [2.05, 4.69) is 15.6 Å². The summed E-state index contributed by atoms with van der Waals surface area (Å²) in [7, 11) is 1.72. The van der Waals surface area contributed by atoms with Crippen molar-refractivity contribution in [2.75, 3.05) is 12.4 Å². The zero-order chi connectivity index (χ0) is 15.2. The second-order valence-electron chi connectivity index (χ2n) is 4.27. The van der Waals surface area contributed by atoms with Gasteiger partial charge >= 0.3 is 0 Å². The van der Waals surface area contributed by atoms with Crippen molar-refractivity contribution >= 4 is 23.3 Å². The molecule has 2 aromatic rings. The summed E-state index contributed by atoms with van der Waals surface area (Å²) in [5.41, 5.74) is 1.65. The predicted molar refractivity (Wildman–Crippen MR) is 81.1 cm³/mol. The Hall–Kier alpha value is -2.58. The predicted octanol–water partition coefficient (Wildman–Crippen LogP) is 2.58. The van der Waals surface area contributed by atoms with Crippen LogP contribution in [0.3, 0.4) is 0 Å². The summed E-state index contributed by atoms with van der Waals surface area (Å²) in [5.74, 6) is 0.226. The van der Waals surface area contributed by atoms with E-state index >= 15 is 0 Å². The molecule has 0 bridgehead atoms. The second-order valence-corrected chi connectivity index (χ2v) is 4.68. The number of hydrogen-bond acceptors (Lipinski definition) is 4. The van der Waals surface area contributed by atoms with Crippen molar-refractivity contribution in [2.45, 2.75) is 6.54 Å². The van der Waals surface area contributed by atoms with Gasteiger partial charge in [-0.15, -0.1) is 0 Å². The van der Waals surface area contributed by atoms with Crippen LogP contribution < -0.4 is 10.6 Å². The summed E-state index contributed by atoms with van der Waals surface area (Å²) in [6, 6.07) is 12.3. The topological polar surface area (TPSA) is 77.8 Å². The highest BCUT2D eigenvalue weighted by Crippen LogP contribution is 2.16. The van der Waals surface area contributed by atoms with Gasteiger partial charge in [-0.05, 0) is 29.8 Å². The molecule has 0 atom stereocenters. The van der Waals surface area contributed by atoms with E-state index in [9.17, 15) is 4.79 Å². The number of nitrogens with one attached hydrogen (secondary N) is 2. The first kappa shape index (κ1) is 14.8. The van der Waals surface area contributed by atoms with Crippen molar-refractivity contribution in [2.24, 2.45) is 0 Å². The second kappa shape index (κ2) is 6.73. The van der Waals surface area contributed by atoms with Crippen LogP contribution in [0, 0.1) is 11.3 Å². The van der Waals surface area contributed by atoms with Crippen molar-refractivity contribution in [1.29, 1.82) is 5.26 Å². The Kier molecular flexibility index (Phi) is 4.75. The summed E-state index contributed by atoms with van der Waals surface area (Å²) < 4.78 is 0. The number of hydrogen-bond donors (Lipinski definition) is 2. The van der Waals surface area contributed by atoms with Gasteiger partial charge in [0.2, 0.25) is 0 Å². The first-order valence-corrected chi connectivity index (χ1v) is 6.63. The zero-order valence-electron chi connectivity index (χ0n) is 11.4. The summed E-state index contributed by atoms with van der Waals surface area (Å²) in [6.07, 6.45) is 0. The molecule has 1 amide bonds. The lowest BCUT2D eigenvalue weighted by atomic mass is 10.1. The molecule has 1 heterocycles. The minimum Gasteiger partial charge on any atom is -0.373 e. The van der Waals surface area contributed by atoms with Gasteiger partial charge in [0.15, 0.2) is 0 Å². The third-order valence-electron chi connectivity index (χ3n) is 2.85. The number of nitrogens with zero attached hydrogens (tertiary/aromatic N) is 2. The number of amides is 1. The highest BCUT2D eigenvalue weighted by Gasteiger charge is 2.12. The van der Waals surface area contributed by atoms with Crippen LogP contribution in [0.1, 0.15) is 21.6 Å². The summed E-state index contributed by atoms with van der Waals surface area (Å²) in [6.45, 7) is 0.340. The molecule has 0 aliphatic heterocycles. The first-order valence-electron chi connectivity index (χ1n) is 6.25. The Bertz CT molecular complexity index is 692. The Morgan fingerprint density at radius 3 is 2.62 bits per heavy atom. The van der Waals surface area contributed by atoms with Gasteiger partial charge in [0.1, 0.15) is 11.5 Å². The van der Waals surface area contributed by atoms with Crippen LogP contribution in [0.5, 0.6) is 0 Å². The highest BCUT2D eigenvalue weighted by molar-refractivity contribution is 6.33. The monoisotopic (exact) mass is 300 g/mol. The van der Waals surface area contributed by atoms with Crippen LogP contribution in [-0.4, -0.2) is 17.9 Å². The van der Waals surface area contributed by atoms with Crippen molar-refractivity contribution in [3.8, 4) is 6.07 Å². The summed E-state index contributed by atoms with van der Waals surface area (Å²) in [5, 5.41) is 14.6. The maximum Gasteiger partial charge on any atom is 0.271 e. The van der Waals surface area contributed by atoms with Gasteiger partial charge in [0.05, 0.1) is 16.7 Å². The summed E-state index contributed by atoms with van der Waals surface area (Å²) >= 11 is 5.98. The maximum atomic E-state index is 12.1. The van der Waals surface area contributed by atoms with Gasteiger partial charge in [-0.2, -0.15) is 5.26 Å². The molecule has 1 aromatic heterocycles. The van der Waals surface area contributed by atoms with Gasteiger partial charge < -0.3 is 10.6 Å². The standard InChI is InChI=1S/C15H13ClN4O/c1-18-13-7-6-12(16)14(20-13)15(21)19-9-11-4-2-10(8-17)3-5-11/h2-7H,9H2,1H3,(H,18,20)(H,19,21). The molecule has 2 N–H and O–H groups in total.